The van der Waals surface area contributed by atoms with Crippen molar-refractivity contribution in [3.63, 3.8) is 0 Å². The highest BCUT2D eigenvalue weighted by Gasteiger charge is 2.29. The van der Waals surface area contributed by atoms with Crippen LogP contribution < -0.4 is 10.1 Å². The fourth-order valence-corrected chi connectivity index (χ4v) is 2.46. The number of rotatable bonds is 3. The first kappa shape index (κ1) is 12.4. The van der Waals surface area contributed by atoms with Crippen molar-refractivity contribution in [3.05, 3.63) is 29.3 Å². The van der Waals surface area contributed by atoms with Crippen LogP contribution >= 0.6 is 0 Å². The number of methoxy groups -OCH3 is 1. The second-order valence-electron chi connectivity index (χ2n) is 4.99. The minimum atomic E-state index is -0.599. The van der Waals surface area contributed by atoms with Crippen LogP contribution in [0.4, 0.5) is 0 Å². The standard InChI is InChI=1S/C14H21NO2/c1-11-4-5-12(8-13(11)17-2)9-14(16)6-3-7-15-10-14/h4-5,8,15-16H,3,6-7,9-10H2,1-2H3. The first-order chi connectivity index (χ1) is 8.13. The zero-order chi connectivity index (χ0) is 12.3. The molecule has 3 nitrogen and oxygen atoms in total. The fraction of sp³-hybridized carbons (Fsp3) is 0.571. The van der Waals surface area contributed by atoms with Crippen molar-refractivity contribution in [2.45, 2.75) is 31.8 Å². The lowest BCUT2D eigenvalue weighted by atomic mass is 9.87. The fourth-order valence-electron chi connectivity index (χ4n) is 2.46. The zero-order valence-electron chi connectivity index (χ0n) is 10.6. The molecule has 1 aliphatic heterocycles. The van der Waals surface area contributed by atoms with Crippen molar-refractivity contribution >= 4 is 0 Å². The first-order valence-electron chi connectivity index (χ1n) is 6.20. The molecule has 94 valence electrons. The summed E-state index contributed by atoms with van der Waals surface area (Å²) < 4.78 is 5.31. The predicted molar refractivity (Wildman–Crippen MR) is 68.5 cm³/mol. The molecule has 0 saturated carbocycles. The van der Waals surface area contributed by atoms with Gasteiger partial charge in [0.25, 0.3) is 0 Å². The molecule has 1 fully saturated rings. The van der Waals surface area contributed by atoms with Crippen LogP contribution in [-0.4, -0.2) is 30.9 Å². The van der Waals surface area contributed by atoms with Gasteiger partial charge in [0.05, 0.1) is 12.7 Å². The van der Waals surface area contributed by atoms with Crippen molar-refractivity contribution in [3.8, 4) is 5.75 Å². The van der Waals surface area contributed by atoms with Crippen LogP contribution in [0.5, 0.6) is 5.75 Å². The number of ether oxygens (including phenoxy) is 1. The van der Waals surface area contributed by atoms with Crippen LogP contribution in [0, 0.1) is 6.92 Å². The second kappa shape index (κ2) is 5.07. The monoisotopic (exact) mass is 235 g/mol. The summed E-state index contributed by atoms with van der Waals surface area (Å²) in [5, 5.41) is 13.7. The average molecular weight is 235 g/mol. The SMILES string of the molecule is COc1cc(CC2(O)CCCNC2)ccc1C. The molecule has 0 amide bonds. The summed E-state index contributed by atoms with van der Waals surface area (Å²) in [5.41, 5.74) is 1.67. The minimum Gasteiger partial charge on any atom is -0.496 e. The summed E-state index contributed by atoms with van der Waals surface area (Å²) in [6, 6.07) is 6.15. The van der Waals surface area contributed by atoms with Gasteiger partial charge in [-0.25, -0.2) is 0 Å². The number of β-amino-alcohol motifs (C(OH)–C–C–N with tert-alkyl or cyclic N) is 1. The van der Waals surface area contributed by atoms with E-state index in [2.05, 4.69) is 11.4 Å². The number of benzene rings is 1. The van der Waals surface area contributed by atoms with Crippen molar-refractivity contribution in [1.29, 1.82) is 0 Å². The van der Waals surface area contributed by atoms with Gasteiger partial charge < -0.3 is 15.2 Å². The molecule has 0 radical (unpaired) electrons. The molecule has 1 aliphatic rings. The number of hydrogen-bond acceptors (Lipinski definition) is 3. The van der Waals surface area contributed by atoms with E-state index in [4.69, 9.17) is 4.74 Å². The van der Waals surface area contributed by atoms with Gasteiger partial charge in [0.1, 0.15) is 5.75 Å². The number of piperidine rings is 1. The summed E-state index contributed by atoms with van der Waals surface area (Å²) in [5.74, 6) is 0.898. The van der Waals surface area contributed by atoms with Crippen molar-refractivity contribution in [1.82, 2.24) is 5.32 Å². The molecular weight excluding hydrogens is 214 g/mol. The molecule has 1 aromatic rings. The summed E-state index contributed by atoms with van der Waals surface area (Å²) >= 11 is 0. The van der Waals surface area contributed by atoms with Gasteiger partial charge in [0.15, 0.2) is 0 Å². The number of hydrogen-bond donors (Lipinski definition) is 2. The summed E-state index contributed by atoms with van der Waals surface area (Å²) in [6.45, 7) is 3.72. The molecule has 0 aromatic heterocycles. The minimum absolute atomic E-state index is 0.599. The van der Waals surface area contributed by atoms with Gasteiger partial charge in [-0.15, -0.1) is 0 Å². The van der Waals surface area contributed by atoms with Crippen LogP contribution in [-0.2, 0) is 6.42 Å². The Hall–Kier alpha value is -1.06. The molecule has 1 unspecified atom stereocenters. The zero-order valence-corrected chi connectivity index (χ0v) is 10.6. The Morgan fingerprint density at radius 1 is 1.47 bits per heavy atom. The van der Waals surface area contributed by atoms with Crippen LogP contribution in [0.2, 0.25) is 0 Å². The molecule has 1 saturated heterocycles. The number of aryl methyl sites for hydroxylation is 1. The van der Waals surface area contributed by atoms with Crippen LogP contribution in [0.15, 0.2) is 18.2 Å². The number of aliphatic hydroxyl groups is 1. The average Bonchev–Trinajstić information content (AvgIpc) is 2.32. The largest absolute Gasteiger partial charge is 0.496 e. The van der Waals surface area contributed by atoms with E-state index in [0.717, 1.165) is 36.3 Å². The molecule has 1 atom stereocenters. The Morgan fingerprint density at radius 2 is 2.29 bits per heavy atom. The number of nitrogens with one attached hydrogen (secondary N) is 1. The first-order valence-corrected chi connectivity index (χ1v) is 6.20. The highest BCUT2D eigenvalue weighted by molar-refractivity contribution is 5.37. The molecular formula is C14H21NO2. The maximum atomic E-state index is 10.5. The van der Waals surface area contributed by atoms with Gasteiger partial charge in [0.2, 0.25) is 0 Å². The van der Waals surface area contributed by atoms with Crippen LogP contribution in [0.25, 0.3) is 0 Å². The van der Waals surface area contributed by atoms with Gasteiger partial charge in [0, 0.05) is 13.0 Å². The van der Waals surface area contributed by atoms with Gasteiger partial charge in [-0.1, -0.05) is 12.1 Å². The van der Waals surface area contributed by atoms with Crippen LogP contribution in [0.3, 0.4) is 0 Å². The maximum Gasteiger partial charge on any atom is 0.122 e. The lowest BCUT2D eigenvalue weighted by Gasteiger charge is -2.32. The van der Waals surface area contributed by atoms with E-state index in [0.29, 0.717) is 13.0 Å². The van der Waals surface area contributed by atoms with E-state index in [1.165, 1.54) is 0 Å². The normalized spacial score (nSPS) is 24.6. The Balaban J connectivity index is 2.12. The van der Waals surface area contributed by atoms with Crippen LogP contribution in [0.1, 0.15) is 24.0 Å². The molecule has 3 heteroatoms. The van der Waals surface area contributed by atoms with Gasteiger partial charge in [-0.3, -0.25) is 0 Å². The van der Waals surface area contributed by atoms with E-state index in [9.17, 15) is 5.11 Å². The Labute approximate surface area is 103 Å². The Morgan fingerprint density at radius 3 is 2.94 bits per heavy atom. The second-order valence-corrected chi connectivity index (χ2v) is 4.99. The molecule has 0 aliphatic carbocycles. The highest BCUT2D eigenvalue weighted by Crippen LogP contribution is 2.25. The lowest BCUT2D eigenvalue weighted by molar-refractivity contribution is 0.0169. The molecule has 2 rings (SSSR count). The lowest BCUT2D eigenvalue weighted by Crippen LogP contribution is -2.47. The molecule has 17 heavy (non-hydrogen) atoms. The van der Waals surface area contributed by atoms with E-state index in [-0.39, 0.29) is 0 Å². The van der Waals surface area contributed by atoms with E-state index in [1.54, 1.807) is 7.11 Å². The Kier molecular flexibility index (Phi) is 3.69. The third kappa shape index (κ3) is 2.99. The van der Waals surface area contributed by atoms with Crippen molar-refractivity contribution < 1.29 is 9.84 Å². The van der Waals surface area contributed by atoms with Crippen molar-refractivity contribution in [2.24, 2.45) is 0 Å². The maximum absolute atomic E-state index is 10.5. The summed E-state index contributed by atoms with van der Waals surface area (Å²) in [6.07, 6.45) is 2.60. The molecule has 0 spiro atoms. The van der Waals surface area contributed by atoms with Gasteiger partial charge in [-0.05, 0) is 43.5 Å². The van der Waals surface area contributed by atoms with Gasteiger partial charge >= 0.3 is 0 Å². The summed E-state index contributed by atoms with van der Waals surface area (Å²) in [7, 11) is 1.68. The molecule has 1 aromatic carbocycles. The third-order valence-electron chi connectivity index (χ3n) is 3.46. The molecule has 0 bridgehead atoms. The quantitative estimate of drug-likeness (QED) is 0.837. The van der Waals surface area contributed by atoms with E-state index >= 15 is 0 Å². The predicted octanol–water partition coefficient (Wildman–Crippen LogP) is 1.66. The third-order valence-corrected chi connectivity index (χ3v) is 3.46. The Bertz CT molecular complexity index is 384. The highest BCUT2D eigenvalue weighted by atomic mass is 16.5. The molecule has 1 heterocycles. The van der Waals surface area contributed by atoms with Gasteiger partial charge in [-0.2, -0.15) is 0 Å². The smallest absolute Gasteiger partial charge is 0.122 e. The van der Waals surface area contributed by atoms with E-state index in [1.807, 2.05) is 19.1 Å². The summed E-state index contributed by atoms with van der Waals surface area (Å²) in [4.78, 5) is 0. The van der Waals surface area contributed by atoms with Crippen molar-refractivity contribution in [2.75, 3.05) is 20.2 Å². The van der Waals surface area contributed by atoms with E-state index < -0.39 is 5.60 Å². The topological polar surface area (TPSA) is 41.5 Å². The molecule has 2 N–H and O–H groups in total.